The van der Waals surface area contributed by atoms with E-state index in [0.29, 0.717) is 13.2 Å². The summed E-state index contributed by atoms with van der Waals surface area (Å²) in [6, 6.07) is 5.84. The topological polar surface area (TPSA) is 50.7 Å². The number of ether oxygens (including phenoxy) is 2. The second-order valence-electron chi connectivity index (χ2n) is 4.04. The summed E-state index contributed by atoms with van der Waals surface area (Å²) in [6.45, 7) is 2.95. The molecule has 1 aliphatic rings. The lowest BCUT2D eigenvalue weighted by molar-refractivity contribution is 0.125. The summed E-state index contributed by atoms with van der Waals surface area (Å²) >= 11 is 0. The van der Waals surface area contributed by atoms with Crippen LogP contribution in [0.25, 0.3) is 0 Å². The number of hydrogen-bond acceptors (Lipinski definition) is 4. The van der Waals surface area contributed by atoms with Gasteiger partial charge < -0.3 is 19.9 Å². The fraction of sp³-hybridized carbons (Fsp3) is 0.500. The number of anilines is 1. The molecular weight excluding hydrogens is 206 g/mol. The van der Waals surface area contributed by atoms with Gasteiger partial charge in [-0.3, -0.25) is 0 Å². The van der Waals surface area contributed by atoms with Gasteiger partial charge >= 0.3 is 0 Å². The maximum absolute atomic E-state index is 9.61. The lowest BCUT2D eigenvalue weighted by atomic mass is 10.1. The minimum atomic E-state index is -0.428. The molecule has 4 nitrogen and oxygen atoms in total. The maximum Gasteiger partial charge on any atom is 0.121 e. The zero-order valence-corrected chi connectivity index (χ0v) is 9.56. The van der Waals surface area contributed by atoms with Crippen molar-refractivity contribution in [3.05, 3.63) is 23.8 Å². The molecule has 0 aliphatic carbocycles. The average molecular weight is 223 g/mol. The van der Waals surface area contributed by atoms with Crippen molar-refractivity contribution < 1.29 is 14.6 Å². The summed E-state index contributed by atoms with van der Waals surface area (Å²) in [6.07, 6.45) is -0.428. The van der Waals surface area contributed by atoms with E-state index in [2.05, 4.69) is 5.32 Å². The Bertz CT molecular complexity index is 367. The molecule has 1 fully saturated rings. The molecule has 1 aromatic carbocycles. The van der Waals surface area contributed by atoms with Gasteiger partial charge in [0.15, 0.2) is 0 Å². The molecule has 2 N–H and O–H groups in total. The summed E-state index contributed by atoms with van der Waals surface area (Å²) in [5.41, 5.74) is 2.05. The second kappa shape index (κ2) is 4.72. The van der Waals surface area contributed by atoms with Crippen molar-refractivity contribution >= 4 is 5.69 Å². The Morgan fingerprint density at radius 1 is 1.44 bits per heavy atom. The van der Waals surface area contributed by atoms with Gasteiger partial charge in [-0.25, -0.2) is 0 Å². The molecule has 16 heavy (non-hydrogen) atoms. The smallest absolute Gasteiger partial charge is 0.121 e. The molecule has 0 amide bonds. The lowest BCUT2D eigenvalue weighted by Gasteiger charge is -2.17. The van der Waals surface area contributed by atoms with Crippen molar-refractivity contribution in [3.8, 4) is 5.75 Å². The highest BCUT2D eigenvalue weighted by atomic mass is 16.5. The summed E-state index contributed by atoms with van der Waals surface area (Å²) < 4.78 is 10.4. The Balaban J connectivity index is 2.07. The van der Waals surface area contributed by atoms with E-state index in [4.69, 9.17) is 9.47 Å². The predicted molar refractivity (Wildman–Crippen MR) is 62.0 cm³/mol. The zero-order chi connectivity index (χ0) is 11.5. The van der Waals surface area contributed by atoms with Crippen LogP contribution < -0.4 is 10.1 Å². The Labute approximate surface area is 95.2 Å². The first-order valence-electron chi connectivity index (χ1n) is 5.37. The minimum absolute atomic E-state index is 0.0206. The van der Waals surface area contributed by atoms with Gasteiger partial charge in [0.2, 0.25) is 0 Å². The number of aliphatic hydroxyl groups excluding tert-OH is 1. The molecule has 2 rings (SSSR count). The van der Waals surface area contributed by atoms with Gasteiger partial charge in [0, 0.05) is 5.69 Å². The Hall–Kier alpha value is -1.26. The maximum atomic E-state index is 9.61. The van der Waals surface area contributed by atoms with Crippen LogP contribution in [0.4, 0.5) is 5.69 Å². The quantitative estimate of drug-likeness (QED) is 0.807. The standard InChI is InChI=1S/C12H17NO3/c1-8-5-9(3-4-12(8)15-2)13-10-6-16-7-11(10)14/h3-5,10-11,13-14H,6-7H2,1-2H3. The average Bonchev–Trinajstić information content (AvgIpc) is 2.65. The molecule has 1 aliphatic heterocycles. The van der Waals surface area contributed by atoms with Gasteiger partial charge in [-0.05, 0) is 30.7 Å². The summed E-state index contributed by atoms with van der Waals surface area (Å²) in [4.78, 5) is 0. The van der Waals surface area contributed by atoms with Crippen LogP contribution in [0.15, 0.2) is 18.2 Å². The van der Waals surface area contributed by atoms with Crippen molar-refractivity contribution in [2.45, 2.75) is 19.1 Å². The van der Waals surface area contributed by atoms with Crippen LogP contribution in [0, 0.1) is 6.92 Å². The van der Waals surface area contributed by atoms with Gasteiger partial charge in [0.1, 0.15) is 5.75 Å². The molecule has 0 radical (unpaired) electrons. The monoisotopic (exact) mass is 223 g/mol. The zero-order valence-electron chi connectivity index (χ0n) is 9.56. The van der Waals surface area contributed by atoms with Gasteiger partial charge in [0.25, 0.3) is 0 Å². The fourth-order valence-electron chi connectivity index (χ4n) is 1.86. The summed E-state index contributed by atoms with van der Waals surface area (Å²) in [7, 11) is 1.66. The second-order valence-corrected chi connectivity index (χ2v) is 4.04. The van der Waals surface area contributed by atoms with Crippen molar-refractivity contribution in [3.63, 3.8) is 0 Å². The van der Waals surface area contributed by atoms with E-state index >= 15 is 0 Å². The molecule has 1 heterocycles. The van der Waals surface area contributed by atoms with E-state index in [1.807, 2.05) is 25.1 Å². The van der Waals surface area contributed by atoms with E-state index in [9.17, 15) is 5.11 Å². The summed E-state index contributed by atoms with van der Waals surface area (Å²) in [5.74, 6) is 0.869. The van der Waals surface area contributed by atoms with Crippen LogP contribution in [0.3, 0.4) is 0 Å². The van der Waals surface area contributed by atoms with Crippen LogP contribution in [0.2, 0.25) is 0 Å². The first-order chi connectivity index (χ1) is 7.70. The van der Waals surface area contributed by atoms with Gasteiger partial charge in [-0.2, -0.15) is 0 Å². The number of rotatable bonds is 3. The van der Waals surface area contributed by atoms with Gasteiger partial charge in [-0.15, -0.1) is 0 Å². The molecule has 0 spiro atoms. The highest BCUT2D eigenvalue weighted by Crippen LogP contribution is 2.22. The third-order valence-corrected chi connectivity index (χ3v) is 2.80. The molecule has 0 aromatic heterocycles. The van der Waals surface area contributed by atoms with Crippen LogP contribution in [-0.4, -0.2) is 37.6 Å². The molecule has 4 heteroatoms. The SMILES string of the molecule is COc1ccc(NC2COCC2O)cc1C. The van der Waals surface area contributed by atoms with Crippen molar-refractivity contribution in [1.29, 1.82) is 0 Å². The van der Waals surface area contributed by atoms with Crippen molar-refractivity contribution in [1.82, 2.24) is 0 Å². The van der Waals surface area contributed by atoms with Crippen LogP contribution in [0.1, 0.15) is 5.56 Å². The first-order valence-corrected chi connectivity index (χ1v) is 5.37. The van der Waals surface area contributed by atoms with E-state index in [0.717, 1.165) is 17.0 Å². The third kappa shape index (κ3) is 2.28. The Morgan fingerprint density at radius 2 is 2.25 bits per heavy atom. The number of aliphatic hydroxyl groups is 1. The van der Waals surface area contributed by atoms with E-state index in [-0.39, 0.29) is 6.04 Å². The molecule has 1 aromatic rings. The molecular formula is C12H17NO3. The van der Waals surface area contributed by atoms with E-state index in [1.165, 1.54) is 0 Å². The van der Waals surface area contributed by atoms with Crippen LogP contribution in [-0.2, 0) is 4.74 Å². The summed E-state index contributed by atoms with van der Waals surface area (Å²) in [5, 5.41) is 12.9. The van der Waals surface area contributed by atoms with Gasteiger partial charge in [-0.1, -0.05) is 0 Å². The molecule has 2 atom stereocenters. The number of nitrogens with one attached hydrogen (secondary N) is 1. The largest absolute Gasteiger partial charge is 0.496 e. The van der Waals surface area contributed by atoms with E-state index in [1.54, 1.807) is 7.11 Å². The molecule has 88 valence electrons. The number of methoxy groups -OCH3 is 1. The minimum Gasteiger partial charge on any atom is -0.496 e. The molecule has 0 saturated carbocycles. The predicted octanol–water partition coefficient (Wildman–Crippen LogP) is 1.18. The molecule has 1 saturated heterocycles. The molecule has 0 bridgehead atoms. The molecule has 2 unspecified atom stereocenters. The highest BCUT2D eigenvalue weighted by molar-refractivity contribution is 5.51. The van der Waals surface area contributed by atoms with Crippen molar-refractivity contribution in [2.75, 3.05) is 25.6 Å². The highest BCUT2D eigenvalue weighted by Gasteiger charge is 2.25. The van der Waals surface area contributed by atoms with Crippen LogP contribution >= 0.6 is 0 Å². The van der Waals surface area contributed by atoms with Gasteiger partial charge in [0.05, 0.1) is 32.5 Å². The van der Waals surface area contributed by atoms with Crippen molar-refractivity contribution in [2.24, 2.45) is 0 Å². The number of benzene rings is 1. The van der Waals surface area contributed by atoms with E-state index < -0.39 is 6.10 Å². The Morgan fingerprint density at radius 3 is 2.81 bits per heavy atom. The number of aryl methyl sites for hydroxylation is 1. The Kier molecular flexibility index (Phi) is 3.31. The lowest BCUT2D eigenvalue weighted by Crippen LogP contribution is -2.31. The first kappa shape index (κ1) is 11.2. The number of hydrogen-bond donors (Lipinski definition) is 2. The normalized spacial score (nSPS) is 24.4. The third-order valence-electron chi connectivity index (χ3n) is 2.80. The fourth-order valence-corrected chi connectivity index (χ4v) is 1.86. The van der Waals surface area contributed by atoms with Crippen LogP contribution in [0.5, 0.6) is 5.75 Å².